The van der Waals surface area contributed by atoms with Crippen molar-refractivity contribution in [2.45, 2.75) is 50.9 Å². The van der Waals surface area contributed by atoms with Crippen molar-refractivity contribution in [3.05, 3.63) is 0 Å². The van der Waals surface area contributed by atoms with Crippen molar-refractivity contribution in [1.82, 2.24) is 0 Å². The number of aldehydes is 1. The van der Waals surface area contributed by atoms with Crippen LogP contribution in [0.5, 0.6) is 0 Å². The highest BCUT2D eigenvalue weighted by atomic mass is 16.6. The van der Waals surface area contributed by atoms with E-state index < -0.39 is 6.10 Å². The molecule has 70 valence electrons. The minimum atomic E-state index is -0.438. The van der Waals surface area contributed by atoms with Crippen molar-refractivity contribution in [1.29, 1.82) is 0 Å². The molecule has 0 radical (unpaired) electrons. The smallest absolute Gasteiger partial charge is 0.151 e. The predicted octanol–water partition coefficient (Wildman–Crippen LogP) is 0.894. The van der Waals surface area contributed by atoms with Gasteiger partial charge in [0.15, 0.2) is 6.29 Å². The molecule has 0 aromatic carbocycles. The Balaban J connectivity index is 2.05. The zero-order chi connectivity index (χ0) is 8.97. The van der Waals surface area contributed by atoms with Crippen LogP contribution >= 0.6 is 0 Å². The fraction of sp³-hybridized carbons (Fsp3) is 0.889. The lowest BCUT2D eigenvalue weighted by molar-refractivity contribution is -0.108. The molecule has 1 fully saturated rings. The Kier molecular flexibility index (Phi) is 3.69. The van der Waals surface area contributed by atoms with Gasteiger partial charge in [0, 0.05) is 0 Å². The molecule has 0 amide bonds. The van der Waals surface area contributed by atoms with Gasteiger partial charge in [-0.1, -0.05) is 26.2 Å². The van der Waals surface area contributed by atoms with E-state index in [9.17, 15) is 9.90 Å². The number of rotatable bonds is 6. The van der Waals surface area contributed by atoms with Crippen LogP contribution in [0.15, 0.2) is 0 Å². The first kappa shape index (κ1) is 9.68. The number of carbonyl (C=O) groups excluding carboxylic acids is 1. The van der Waals surface area contributed by atoms with Crippen molar-refractivity contribution >= 4 is 6.29 Å². The fourth-order valence-corrected chi connectivity index (χ4v) is 1.32. The van der Waals surface area contributed by atoms with Crippen molar-refractivity contribution in [3.63, 3.8) is 0 Å². The van der Waals surface area contributed by atoms with Crippen LogP contribution in [0.2, 0.25) is 0 Å². The molecule has 0 spiro atoms. The number of hydrogen-bond donors (Lipinski definition) is 1. The molecule has 0 aliphatic carbocycles. The van der Waals surface area contributed by atoms with E-state index in [1.165, 1.54) is 0 Å². The molecule has 3 nitrogen and oxygen atoms in total. The maximum Gasteiger partial charge on any atom is 0.151 e. The Labute approximate surface area is 72.7 Å². The SMILES string of the molecule is CCCCCC(O)C1OC1C=O. The fourth-order valence-electron chi connectivity index (χ4n) is 1.32. The molecule has 3 heteroatoms. The van der Waals surface area contributed by atoms with Crippen molar-refractivity contribution in [2.24, 2.45) is 0 Å². The molecule has 1 heterocycles. The Morgan fingerprint density at radius 1 is 1.58 bits per heavy atom. The number of hydrogen-bond acceptors (Lipinski definition) is 3. The van der Waals surface area contributed by atoms with E-state index >= 15 is 0 Å². The standard InChI is InChI=1S/C9H16O3/c1-2-3-4-5-7(11)9-8(6-10)12-9/h6-9,11H,2-5H2,1H3. The summed E-state index contributed by atoms with van der Waals surface area (Å²) in [5.74, 6) is 0. The molecular weight excluding hydrogens is 156 g/mol. The topological polar surface area (TPSA) is 49.8 Å². The summed E-state index contributed by atoms with van der Waals surface area (Å²) in [5.41, 5.74) is 0. The highest BCUT2D eigenvalue weighted by molar-refractivity contribution is 5.60. The van der Waals surface area contributed by atoms with Crippen molar-refractivity contribution in [2.75, 3.05) is 0 Å². The minimum absolute atomic E-state index is 0.209. The number of epoxide rings is 1. The Morgan fingerprint density at radius 3 is 2.83 bits per heavy atom. The normalized spacial score (nSPS) is 29.8. The van der Waals surface area contributed by atoms with Gasteiger partial charge >= 0.3 is 0 Å². The molecule has 1 N–H and O–H groups in total. The van der Waals surface area contributed by atoms with E-state index in [0.29, 0.717) is 0 Å². The number of aliphatic hydroxyl groups is 1. The molecule has 0 aromatic heterocycles. The average Bonchev–Trinajstić information content (AvgIpc) is 2.83. The molecule has 1 saturated heterocycles. The molecule has 0 bridgehead atoms. The van der Waals surface area contributed by atoms with Crippen LogP contribution in [0.4, 0.5) is 0 Å². The lowest BCUT2D eigenvalue weighted by atomic mass is 10.1. The van der Waals surface area contributed by atoms with Gasteiger partial charge in [-0.3, -0.25) is 0 Å². The molecule has 0 saturated carbocycles. The maximum absolute atomic E-state index is 10.2. The van der Waals surface area contributed by atoms with Gasteiger partial charge in [-0.2, -0.15) is 0 Å². The van der Waals surface area contributed by atoms with Gasteiger partial charge in [-0.15, -0.1) is 0 Å². The van der Waals surface area contributed by atoms with Crippen LogP contribution in [-0.2, 0) is 9.53 Å². The van der Waals surface area contributed by atoms with Crippen LogP contribution in [0.25, 0.3) is 0 Å². The van der Waals surface area contributed by atoms with Crippen LogP contribution in [0, 0.1) is 0 Å². The van der Waals surface area contributed by atoms with Crippen LogP contribution in [-0.4, -0.2) is 29.7 Å². The van der Waals surface area contributed by atoms with Crippen molar-refractivity contribution in [3.8, 4) is 0 Å². The van der Waals surface area contributed by atoms with Gasteiger partial charge < -0.3 is 14.6 Å². The maximum atomic E-state index is 10.2. The van der Waals surface area contributed by atoms with E-state index in [2.05, 4.69) is 6.92 Å². The summed E-state index contributed by atoms with van der Waals surface area (Å²) >= 11 is 0. The second kappa shape index (κ2) is 4.58. The summed E-state index contributed by atoms with van der Waals surface area (Å²) in [4.78, 5) is 10.2. The molecule has 0 aromatic rings. The third-order valence-electron chi connectivity index (χ3n) is 2.18. The second-order valence-corrected chi connectivity index (χ2v) is 3.26. The van der Waals surface area contributed by atoms with Crippen molar-refractivity contribution < 1.29 is 14.6 Å². The first-order valence-corrected chi connectivity index (χ1v) is 4.58. The molecule has 12 heavy (non-hydrogen) atoms. The number of carbonyl (C=O) groups is 1. The lowest BCUT2D eigenvalue weighted by Crippen LogP contribution is -2.17. The van der Waals surface area contributed by atoms with E-state index in [1.807, 2.05) is 0 Å². The average molecular weight is 172 g/mol. The predicted molar refractivity (Wildman–Crippen MR) is 44.9 cm³/mol. The summed E-state index contributed by atoms with van der Waals surface area (Å²) in [7, 11) is 0. The number of unbranched alkanes of at least 4 members (excludes halogenated alkanes) is 2. The number of aliphatic hydroxyl groups excluding tert-OH is 1. The Morgan fingerprint density at radius 2 is 2.33 bits per heavy atom. The largest absolute Gasteiger partial charge is 0.390 e. The molecule has 3 unspecified atom stereocenters. The molecular formula is C9H16O3. The first-order valence-electron chi connectivity index (χ1n) is 4.58. The first-order chi connectivity index (χ1) is 5.79. The summed E-state index contributed by atoms with van der Waals surface area (Å²) in [6, 6.07) is 0. The third-order valence-corrected chi connectivity index (χ3v) is 2.18. The lowest BCUT2D eigenvalue weighted by Gasteiger charge is -2.05. The highest BCUT2D eigenvalue weighted by Gasteiger charge is 2.43. The van der Waals surface area contributed by atoms with E-state index in [0.717, 1.165) is 32.0 Å². The number of ether oxygens (including phenoxy) is 1. The minimum Gasteiger partial charge on any atom is -0.390 e. The second-order valence-electron chi connectivity index (χ2n) is 3.26. The molecule has 3 atom stereocenters. The van der Waals surface area contributed by atoms with Crippen LogP contribution in [0.1, 0.15) is 32.6 Å². The summed E-state index contributed by atoms with van der Waals surface area (Å²) in [6.07, 6.45) is 3.83. The summed E-state index contributed by atoms with van der Waals surface area (Å²) in [5, 5.41) is 9.43. The zero-order valence-electron chi connectivity index (χ0n) is 7.40. The van der Waals surface area contributed by atoms with Gasteiger partial charge in [-0.25, -0.2) is 0 Å². The highest BCUT2D eigenvalue weighted by Crippen LogP contribution is 2.26. The van der Waals surface area contributed by atoms with Crippen LogP contribution < -0.4 is 0 Å². The van der Waals surface area contributed by atoms with Gasteiger partial charge in [-0.05, 0) is 6.42 Å². The monoisotopic (exact) mass is 172 g/mol. The van der Waals surface area contributed by atoms with E-state index in [1.54, 1.807) is 0 Å². The quantitative estimate of drug-likeness (QED) is 0.368. The van der Waals surface area contributed by atoms with E-state index in [-0.39, 0.29) is 12.2 Å². The Hall–Kier alpha value is -0.410. The third kappa shape index (κ3) is 2.57. The van der Waals surface area contributed by atoms with E-state index in [4.69, 9.17) is 4.74 Å². The Bertz CT molecular complexity index is 147. The van der Waals surface area contributed by atoms with Gasteiger partial charge in [0.25, 0.3) is 0 Å². The zero-order valence-corrected chi connectivity index (χ0v) is 7.40. The molecule has 1 aliphatic rings. The van der Waals surface area contributed by atoms with Gasteiger partial charge in [0.05, 0.1) is 6.10 Å². The van der Waals surface area contributed by atoms with Gasteiger partial charge in [0.2, 0.25) is 0 Å². The van der Waals surface area contributed by atoms with Crippen LogP contribution in [0.3, 0.4) is 0 Å². The summed E-state index contributed by atoms with van der Waals surface area (Å²) < 4.78 is 4.94. The summed E-state index contributed by atoms with van der Waals surface area (Å²) in [6.45, 7) is 2.12. The molecule has 1 aliphatic heterocycles. The molecule has 1 rings (SSSR count). The van der Waals surface area contributed by atoms with Gasteiger partial charge in [0.1, 0.15) is 12.2 Å².